The van der Waals surface area contributed by atoms with Crippen molar-refractivity contribution in [3.63, 3.8) is 0 Å². The van der Waals surface area contributed by atoms with Crippen LogP contribution in [0.3, 0.4) is 0 Å². The molecule has 0 bridgehead atoms. The predicted molar refractivity (Wildman–Crippen MR) is 146 cm³/mol. The third-order valence-electron chi connectivity index (χ3n) is 7.11. The van der Waals surface area contributed by atoms with Crippen molar-refractivity contribution in [1.82, 2.24) is 14.8 Å². The molecule has 5 rings (SSSR count). The standard InChI is InChI=1S/C30H32ClN3O2/c1-2-33-13-15-34(16-14-33)30(35)19-26(28-20-32-29-12-11-24(31)18-27(28)29)23-9-6-10-25(17-23)36-21-22-7-4-3-5-8-22/h3-12,17-18,20,26,32H,2,13-16,19,21H2,1H3/t26-/m1/s1. The van der Waals surface area contributed by atoms with Crippen LogP contribution in [0.15, 0.2) is 79.0 Å². The number of aromatic amines is 1. The summed E-state index contributed by atoms with van der Waals surface area (Å²) in [5.41, 5.74) is 4.27. The van der Waals surface area contributed by atoms with E-state index in [4.69, 9.17) is 16.3 Å². The number of amides is 1. The van der Waals surface area contributed by atoms with Gasteiger partial charge in [-0.2, -0.15) is 0 Å². The zero-order chi connectivity index (χ0) is 24.9. The molecule has 1 atom stereocenters. The van der Waals surface area contributed by atoms with Gasteiger partial charge < -0.3 is 19.5 Å². The van der Waals surface area contributed by atoms with Crippen molar-refractivity contribution < 1.29 is 9.53 Å². The van der Waals surface area contributed by atoms with E-state index in [9.17, 15) is 4.79 Å². The van der Waals surface area contributed by atoms with Gasteiger partial charge in [0.05, 0.1) is 0 Å². The van der Waals surface area contributed by atoms with Crippen molar-refractivity contribution in [2.45, 2.75) is 25.9 Å². The second-order valence-corrected chi connectivity index (χ2v) is 9.79. The minimum Gasteiger partial charge on any atom is -0.489 e. The highest BCUT2D eigenvalue weighted by Gasteiger charge is 2.27. The quantitative estimate of drug-likeness (QED) is 0.318. The molecule has 4 aromatic rings. The van der Waals surface area contributed by atoms with E-state index >= 15 is 0 Å². The first kappa shape index (κ1) is 24.4. The van der Waals surface area contributed by atoms with Crippen molar-refractivity contribution in [2.75, 3.05) is 32.7 Å². The Morgan fingerprint density at radius 2 is 1.81 bits per heavy atom. The molecule has 2 heterocycles. The molecular weight excluding hydrogens is 470 g/mol. The number of carbonyl (C=O) groups excluding carboxylic acids is 1. The van der Waals surface area contributed by atoms with E-state index in [0.29, 0.717) is 18.1 Å². The van der Waals surface area contributed by atoms with Crippen LogP contribution in [0.25, 0.3) is 10.9 Å². The molecule has 0 saturated carbocycles. The fourth-order valence-corrected chi connectivity index (χ4v) is 5.16. The van der Waals surface area contributed by atoms with Gasteiger partial charge in [0.25, 0.3) is 0 Å². The summed E-state index contributed by atoms with van der Waals surface area (Å²) in [6.07, 6.45) is 2.42. The molecule has 1 saturated heterocycles. The molecule has 0 radical (unpaired) electrons. The lowest BCUT2D eigenvalue weighted by Gasteiger charge is -2.35. The Balaban J connectivity index is 1.43. The number of likely N-dealkylation sites (N-methyl/N-ethyl adjacent to an activating group) is 1. The number of rotatable bonds is 8. The Morgan fingerprint density at radius 3 is 2.58 bits per heavy atom. The smallest absolute Gasteiger partial charge is 0.223 e. The minimum absolute atomic E-state index is 0.116. The number of ether oxygens (including phenoxy) is 1. The molecule has 186 valence electrons. The molecule has 1 N–H and O–H groups in total. The van der Waals surface area contributed by atoms with Crippen LogP contribution in [0.5, 0.6) is 5.75 Å². The highest BCUT2D eigenvalue weighted by atomic mass is 35.5. The Bertz CT molecular complexity index is 1310. The first-order valence-electron chi connectivity index (χ1n) is 12.6. The fraction of sp³-hybridized carbons (Fsp3) is 0.300. The summed E-state index contributed by atoms with van der Waals surface area (Å²) >= 11 is 6.36. The third kappa shape index (κ3) is 5.58. The molecule has 0 spiro atoms. The summed E-state index contributed by atoms with van der Waals surface area (Å²) in [7, 11) is 0. The van der Waals surface area contributed by atoms with E-state index in [0.717, 1.165) is 66.1 Å². The van der Waals surface area contributed by atoms with Gasteiger partial charge in [-0.1, -0.05) is 61.0 Å². The number of nitrogens with zero attached hydrogens (tertiary/aromatic N) is 2. The average molecular weight is 502 g/mol. The van der Waals surface area contributed by atoms with Crippen molar-refractivity contribution in [1.29, 1.82) is 0 Å². The predicted octanol–water partition coefficient (Wildman–Crippen LogP) is 6.09. The van der Waals surface area contributed by atoms with Crippen LogP contribution in [0, 0.1) is 0 Å². The highest BCUT2D eigenvalue weighted by molar-refractivity contribution is 6.31. The van der Waals surface area contributed by atoms with E-state index in [2.05, 4.69) is 41.1 Å². The topological polar surface area (TPSA) is 48.6 Å². The van der Waals surface area contributed by atoms with Gasteiger partial charge in [-0.15, -0.1) is 0 Å². The summed E-state index contributed by atoms with van der Waals surface area (Å²) in [4.78, 5) is 21.3. The van der Waals surface area contributed by atoms with E-state index < -0.39 is 0 Å². The van der Waals surface area contributed by atoms with Crippen LogP contribution >= 0.6 is 11.6 Å². The van der Waals surface area contributed by atoms with Crippen molar-refractivity contribution in [2.24, 2.45) is 0 Å². The van der Waals surface area contributed by atoms with Crippen LogP contribution in [-0.2, 0) is 11.4 Å². The van der Waals surface area contributed by atoms with Crippen LogP contribution in [0.4, 0.5) is 0 Å². The van der Waals surface area contributed by atoms with Gasteiger partial charge in [0, 0.05) is 60.6 Å². The Morgan fingerprint density at radius 1 is 1.00 bits per heavy atom. The molecule has 36 heavy (non-hydrogen) atoms. The lowest BCUT2D eigenvalue weighted by Crippen LogP contribution is -2.48. The van der Waals surface area contributed by atoms with E-state index in [1.807, 2.05) is 59.6 Å². The van der Waals surface area contributed by atoms with Gasteiger partial charge >= 0.3 is 0 Å². The summed E-state index contributed by atoms with van der Waals surface area (Å²) in [5, 5.41) is 1.73. The number of halogens is 1. The van der Waals surface area contributed by atoms with Crippen LogP contribution < -0.4 is 4.74 Å². The first-order valence-corrected chi connectivity index (χ1v) is 13.0. The van der Waals surface area contributed by atoms with Gasteiger partial charge in [-0.3, -0.25) is 4.79 Å². The van der Waals surface area contributed by atoms with Gasteiger partial charge in [0.1, 0.15) is 12.4 Å². The van der Waals surface area contributed by atoms with Crippen molar-refractivity contribution in [3.05, 3.63) is 101 Å². The van der Waals surface area contributed by atoms with Crippen LogP contribution in [0.1, 0.15) is 36.0 Å². The van der Waals surface area contributed by atoms with Crippen molar-refractivity contribution in [3.8, 4) is 5.75 Å². The summed E-state index contributed by atoms with van der Waals surface area (Å²) in [6.45, 7) is 7.10. The summed E-state index contributed by atoms with van der Waals surface area (Å²) in [6, 6.07) is 24.1. The lowest BCUT2D eigenvalue weighted by atomic mass is 9.87. The molecule has 0 aliphatic carbocycles. The van der Waals surface area contributed by atoms with Crippen LogP contribution in [0.2, 0.25) is 5.02 Å². The van der Waals surface area contributed by atoms with Gasteiger partial charge in [-0.25, -0.2) is 0 Å². The zero-order valence-electron chi connectivity index (χ0n) is 20.6. The maximum atomic E-state index is 13.5. The Hall–Kier alpha value is -3.28. The molecule has 0 unspecified atom stereocenters. The van der Waals surface area contributed by atoms with Gasteiger partial charge in [-0.05, 0) is 53.6 Å². The number of benzene rings is 3. The maximum absolute atomic E-state index is 13.5. The number of H-pyrrole nitrogens is 1. The number of hydrogen-bond donors (Lipinski definition) is 1. The number of nitrogens with one attached hydrogen (secondary N) is 1. The monoisotopic (exact) mass is 501 g/mol. The molecule has 1 aliphatic heterocycles. The SMILES string of the molecule is CCN1CCN(C(=O)C[C@H](c2cccc(OCc3ccccc3)c2)c2c[nH]c3ccc(Cl)cc23)CC1. The zero-order valence-corrected chi connectivity index (χ0v) is 21.4. The lowest BCUT2D eigenvalue weighted by molar-refractivity contribution is -0.133. The molecule has 1 amide bonds. The summed E-state index contributed by atoms with van der Waals surface area (Å²) < 4.78 is 6.12. The second kappa shape index (κ2) is 11.2. The molecule has 1 fully saturated rings. The Kier molecular flexibility index (Phi) is 7.59. The average Bonchev–Trinajstić information content (AvgIpc) is 3.34. The normalized spacial score (nSPS) is 15.2. The fourth-order valence-electron chi connectivity index (χ4n) is 4.99. The van der Waals surface area contributed by atoms with E-state index in [1.165, 1.54) is 0 Å². The largest absolute Gasteiger partial charge is 0.489 e. The third-order valence-corrected chi connectivity index (χ3v) is 7.35. The Labute approximate surface area is 217 Å². The molecule has 1 aliphatic rings. The second-order valence-electron chi connectivity index (χ2n) is 9.35. The number of aromatic nitrogens is 1. The highest BCUT2D eigenvalue weighted by Crippen LogP contribution is 2.36. The summed E-state index contributed by atoms with van der Waals surface area (Å²) in [5.74, 6) is 0.861. The number of hydrogen-bond acceptors (Lipinski definition) is 3. The molecule has 3 aromatic carbocycles. The maximum Gasteiger partial charge on any atom is 0.223 e. The van der Waals surface area contributed by atoms with Gasteiger partial charge in [0.15, 0.2) is 0 Å². The van der Waals surface area contributed by atoms with Crippen LogP contribution in [-0.4, -0.2) is 53.4 Å². The van der Waals surface area contributed by atoms with E-state index in [-0.39, 0.29) is 11.8 Å². The molecule has 1 aromatic heterocycles. The van der Waals surface area contributed by atoms with Crippen molar-refractivity contribution >= 4 is 28.4 Å². The molecule has 5 nitrogen and oxygen atoms in total. The molecular formula is C30H32ClN3O2. The van der Waals surface area contributed by atoms with E-state index in [1.54, 1.807) is 0 Å². The minimum atomic E-state index is -0.116. The number of piperazine rings is 1. The number of fused-ring (bicyclic) bond motifs is 1. The molecule has 6 heteroatoms. The number of carbonyl (C=O) groups is 1. The van der Waals surface area contributed by atoms with Gasteiger partial charge in [0.2, 0.25) is 5.91 Å². The first-order chi connectivity index (χ1) is 17.6.